The molecule has 2 rings (SSSR count). The van der Waals surface area contributed by atoms with Crippen LogP contribution in [-0.4, -0.2) is 4.99 Å². The molecule has 0 unspecified atom stereocenters. The predicted octanol–water partition coefficient (Wildman–Crippen LogP) is 3.32. The molecule has 0 radical (unpaired) electrons. The van der Waals surface area contributed by atoms with Crippen molar-refractivity contribution in [3.8, 4) is 5.75 Å². The zero-order valence-corrected chi connectivity index (χ0v) is 11.0. The van der Waals surface area contributed by atoms with E-state index in [1.165, 1.54) is 18.2 Å². The minimum atomic E-state index is -0.835. The highest BCUT2D eigenvalue weighted by atomic mass is 32.1. The van der Waals surface area contributed by atoms with Crippen LogP contribution >= 0.6 is 12.2 Å². The van der Waals surface area contributed by atoms with E-state index in [9.17, 15) is 13.2 Å². The summed E-state index contributed by atoms with van der Waals surface area (Å²) in [6, 6.07) is 6.78. The molecule has 0 aromatic heterocycles. The van der Waals surface area contributed by atoms with Gasteiger partial charge in [-0.3, -0.25) is 0 Å². The van der Waals surface area contributed by atoms with Crippen LogP contribution in [0.1, 0.15) is 11.1 Å². The molecule has 0 heterocycles. The van der Waals surface area contributed by atoms with Crippen LogP contribution in [-0.2, 0) is 6.61 Å². The predicted molar refractivity (Wildman–Crippen MR) is 73.0 cm³/mol. The Labute approximate surface area is 119 Å². The molecule has 2 N–H and O–H groups in total. The number of halogens is 3. The summed E-state index contributed by atoms with van der Waals surface area (Å²) >= 11 is 4.84. The number of rotatable bonds is 4. The maximum Gasteiger partial charge on any atom is 0.167 e. The van der Waals surface area contributed by atoms with Gasteiger partial charge in [-0.2, -0.15) is 0 Å². The van der Waals surface area contributed by atoms with Crippen LogP contribution in [0.4, 0.5) is 13.2 Å². The SMILES string of the molecule is NC(=S)c1ccc(F)cc1COc1ccc(F)cc1F. The molecule has 20 heavy (non-hydrogen) atoms. The lowest BCUT2D eigenvalue weighted by Gasteiger charge is -2.11. The quantitative estimate of drug-likeness (QED) is 0.879. The van der Waals surface area contributed by atoms with Crippen molar-refractivity contribution < 1.29 is 17.9 Å². The van der Waals surface area contributed by atoms with E-state index in [1.54, 1.807) is 0 Å². The van der Waals surface area contributed by atoms with Crippen molar-refractivity contribution in [3.05, 3.63) is 65.0 Å². The van der Waals surface area contributed by atoms with Gasteiger partial charge in [0.25, 0.3) is 0 Å². The highest BCUT2D eigenvalue weighted by Gasteiger charge is 2.10. The highest BCUT2D eigenvalue weighted by Crippen LogP contribution is 2.20. The molecular formula is C14H10F3NOS. The fourth-order valence-corrected chi connectivity index (χ4v) is 1.87. The molecule has 0 bridgehead atoms. The van der Waals surface area contributed by atoms with Crippen molar-refractivity contribution >= 4 is 17.2 Å². The highest BCUT2D eigenvalue weighted by molar-refractivity contribution is 7.80. The average molecular weight is 297 g/mol. The average Bonchev–Trinajstić information content (AvgIpc) is 2.37. The van der Waals surface area contributed by atoms with Gasteiger partial charge in [0.15, 0.2) is 11.6 Å². The summed E-state index contributed by atoms with van der Waals surface area (Å²) in [5, 5.41) is 0. The summed E-state index contributed by atoms with van der Waals surface area (Å²) in [6.45, 7) is -0.132. The fraction of sp³-hybridized carbons (Fsp3) is 0.0714. The minimum Gasteiger partial charge on any atom is -0.486 e. The van der Waals surface area contributed by atoms with Gasteiger partial charge in [-0.15, -0.1) is 0 Å². The molecule has 2 aromatic rings. The molecule has 0 amide bonds. The van der Waals surface area contributed by atoms with Crippen molar-refractivity contribution in [2.24, 2.45) is 5.73 Å². The number of hydrogen-bond donors (Lipinski definition) is 1. The van der Waals surface area contributed by atoms with Crippen molar-refractivity contribution in [1.82, 2.24) is 0 Å². The van der Waals surface area contributed by atoms with E-state index in [-0.39, 0.29) is 17.3 Å². The van der Waals surface area contributed by atoms with Crippen molar-refractivity contribution in [1.29, 1.82) is 0 Å². The zero-order valence-electron chi connectivity index (χ0n) is 10.2. The molecule has 6 heteroatoms. The Morgan fingerprint density at radius 3 is 2.35 bits per heavy atom. The van der Waals surface area contributed by atoms with Gasteiger partial charge in [-0.05, 0) is 30.3 Å². The van der Waals surface area contributed by atoms with E-state index in [0.29, 0.717) is 17.2 Å². The maximum absolute atomic E-state index is 13.4. The number of ether oxygens (including phenoxy) is 1. The summed E-state index contributed by atoms with van der Waals surface area (Å²) in [4.78, 5) is 0.0863. The zero-order chi connectivity index (χ0) is 14.7. The second-order valence-electron chi connectivity index (χ2n) is 4.03. The largest absolute Gasteiger partial charge is 0.486 e. The molecule has 2 nitrogen and oxygen atoms in total. The lowest BCUT2D eigenvalue weighted by atomic mass is 10.1. The second-order valence-corrected chi connectivity index (χ2v) is 4.47. The Morgan fingerprint density at radius 2 is 1.70 bits per heavy atom. The molecule has 2 aromatic carbocycles. The van der Waals surface area contributed by atoms with Gasteiger partial charge >= 0.3 is 0 Å². The summed E-state index contributed by atoms with van der Waals surface area (Å²) in [6.07, 6.45) is 0. The number of benzene rings is 2. The first-order chi connectivity index (χ1) is 9.47. The Kier molecular flexibility index (Phi) is 4.24. The Morgan fingerprint density at radius 1 is 1.05 bits per heavy atom. The maximum atomic E-state index is 13.4. The van der Waals surface area contributed by atoms with Gasteiger partial charge in [0.1, 0.15) is 23.2 Å². The normalized spacial score (nSPS) is 10.3. The summed E-state index contributed by atoms with van der Waals surface area (Å²) in [5.74, 6) is -2.16. The Bertz CT molecular complexity index is 661. The first kappa shape index (κ1) is 14.3. The van der Waals surface area contributed by atoms with Gasteiger partial charge in [-0.25, -0.2) is 13.2 Å². The molecule has 0 atom stereocenters. The van der Waals surface area contributed by atoms with Crippen LogP contribution in [0.2, 0.25) is 0 Å². The number of nitrogens with two attached hydrogens (primary N) is 1. The monoisotopic (exact) mass is 297 g/mol. The van der Waals surface area contributed by atoms with E-state index < -0.39 is 17.5 Å². The van der Waals surface area contributed by atoms with Crippen molar-refractivity contribution in [2.45, 2.75) is 6.61 Å². The Balaban J connectivity index is 2.22. The molecule has 0 saturated carbocycles. The molecular weight excluding hydrogens is 287 g/mol. The van der Waals surface area contributed by atoms with Gasteiger partial charge < -0.3 is 10.5 Å². The van der Waals surface area contributed by atoms with Crippen LogP contribution in [0.5, 0.6) is 5.75 Å². The Hall–Kier alpha value is -2.08. The van der Waals surface area contributed by atoms with Gasteiger partial charge in [0.2, 0.25) is 0 Å². The van der Waals surface area contributed by atoms with Gasteiger partial charge in [0.05, 0.1) is 0 Å². The fourth-order valence-electron chi connectivity index (χ4n) is 1.67. The minimum absolute atomic E-state index is 0.0863. The van der Waals surface area contributed by atoms with Crippen LogP contribution in [0.25, 0.3) is 0 Å². The second kappa shape index (κ2) is 5.92. The lowest BCUT2D eigenvalue weighted by molar-refractivity contribution is 0.288. The smallest absolute Gasteiger partial charge is 0.167 e. The topological polar surface area (TPSA) is 35.2 Å². The summed E-state index contributed by atoms with van der Waals surface area (Å²) < 4.78 is 44.6. The van der Waals surface area contributed by atoms with Crippen LogP contribution < -0.4 is 10.5 Å². The summed E-state index contributed by atoms with van der Waals surface area (Å²) in [7, 11) is 0. The van der Waals surface area contributed by atoms with E-state index in [1.807, 2.05) is 0 Å². The molecule has 0 spiro atoms. The first-order valence-electron chi connectivity index (χ1n) is 5.63. The van der Waals surface area contributed by atoms with Crippen molar-refractivity contribution in [2.75, 3.05) is 0 Å². The number of thiocarbonyl (C=S) groups is 1. The van der Waals surface area contributed by atoms with Crippen molar-refractivity contribution in [3.63, 3.8) is 0 Å². The first-order valence-corrected chi connectivity index (χ1v) is 6.04. The van der Waals surface area contributed by atoms with Crippen LogP contribution in [0.3, 0.4) is 0 Å². The van der Waals surface area contributed by atoms with Crippen LogP contribution in [0.15, 0.2) is 36.4 Å². The van der Waals surface area contributed by atoms with E-state index in [2.05, 4.69) is 0 Å². The third-order valence-electron chi connectivity index (χ3n) is 2.61. The van der Waals surface area contributed by atoms with Gasteiger partial charge in [-0.1, -0.05) is 12.2 Å². The molecule has 104 valence electrons. The van der Waals surface area contributed by atoms with Crippen LogP contribution in [0, 0.1) is 17.5 Å². The number of hydrogen-bond acceptors (Lipinski definition) is 2. The molecule has 0 aliphatic carbocycles. The van der Waals surface area contributed by atoms with E-state index in [0.717, 1.165) is 12.1 Å². The lowest BCUT2D eigenvalue weighted by Crippen LogP contribution is -2.14. The third-order valence-corrected chi connectivity index (χ3v) is 2.83. The van der Waals surface area contributed by atoms with Gasteiger partial charge in [0, 0.05) is 17.2 Å². The summed E-state index contributed by atoms with van der Waals surface area (Å²) in [5.41, 5.74) is 6.35. The van der Waals surface area contributed by atoms with E-state index in [4.69, 9.17) is 22.7 Å². The third kappa shape index (κ3) is 3.27. The standard InChI is InChI=1S/C14H10F3NOS/c15-9-1-3-11(14(18)20)8(5-9)7-19-13-4-2-10(16)6-12(13)17/h1-6H,7H2,(H2,18,20). The van der Waals surface area contributed by atoms with E-state index >= 15 is 0 Å². The molecule has 0 saturated heterocycles. The molecule has 0 aliphatic rings. The molecule has 0 fully saturated rings. The molecule has 0 aliphatic heterocycles.